The van der Waals surface area contributed by atoms with Crippen molar-refractivity contribution >= 4 is 5.97 Å². The minimum atomic E-state index is -0.142. The molecule has 0 rings (SSSR count). The SMILES string of the molecule is CCCCCCC(C)OC(=O)CNC(C)C. The van der Waals surface area contributed by atoms with Gasteiger partial charge in [0.05, 0.1) is 12.6 Å². The van der Waals surface area contributed by atoms with E-state index in [1.54, 1.807) is 0 Å². The molecule has 1 unspecified atom stereocenters. The van der Waals surface area contributed by atoms with Gasteiger partial charge in [0.25, 0.3) is 0 Å². The van der Waals surface area contributed by atoms with Gasteiger partial charge in [-0.05, 0) is 19.8 Å². The van der Waals surface area contributed by atoms with E-state index in [0.29, 0.717) is 12.6 Å². The molecule has 0 saturated carbocycles. The summed E-state index contributed by atoms with van der Waals surface area (Å²) in [6, 6.07) is 0.326. The summed E-state index contributed by atoms with van der Waals surface area (Å²) in [5.74, 6) is -0.142. The van der Waals surface area contributed by atoms with Crippen molar-refractivity contribution in [1.29, 1.82) is 0 Å². The fourth-order valence-electron chi connectivity index (χ4n) is 1.47. The van der Waals surface area contributed by atoms with Crippen molar-refractivity contribution < 1.29 is 9.53 Å². The highest BCUT2D eigenvalue weighted by Gasteiger charge is 2.09. The Balaban J connectivity index is 3.46. The molecule has 0 aliphatic heterocycles. The van der Waals surface area contributed by atoms with Crippen LogP contribution in [0.15, 0.2) is 0 Å². The summed E-state index contributed by atoms with van der Waals surface area (Å²) in [5.41, 5.74) is 0. The van der Waals surface area contributed by atoms with Gasteiger partial charge in [-0.1, -0.05) is 40.0 Å². The first-order chi connectivity index (χ1) is 7.56. The van der Waals surface area contributed by atoms with Crippen LogP contribution in [0.1, 0.15) is 59.8 Å². The van der Waals surface area contributed by atoms with Crippen LogP contribution in [0.25, 0.3) is 0 Å². The Labute approximate surface area is 99.9 Å². The monoisotopic (exact) mass is 229 g/mol. The summed E-state index contributed by atoms with van der Waals surface area (Å²) in [4.78, 5) is 11.4. The maximum Gasteiger partial charge on any atom is 0.320 e. The van der Waals surface area contributed by atoms with Crippen molar-refractivity contribution in [3.8, 4) is 0 Å². The van der Waals surface area contributed by atoms with Gasteiger partial charge in [-0.25, -0.2) is 0 Å². The van der Waals surface area contributed by atoms with Gasteiger partial charge < -0.3 is 10.1 Å². The van der Waals surface area contributed by atoms with Crippen LogP contribution in [0.2, 0.25) is 0 Å². The molecule has 0 bridgehead atoms. The number of rotatable bonds is 9. The zero-order valence-electron chi connectivity index (χ0n) is 11.2. The first-order valence-electron chi connectivity index (χ1n) is 6.49. The molecule has 0 heterocycles. The van der Waals surface area contributed by atoms with Crippen molar-refractivity contribution in [2.45, 2.75) is 71.9 Å². The Morgan fingerprint density at radius 1 is 1.19 bits per heavy atom. The second-order valence-electron chi connectivity index (χ2n) is 4.69. The third-order valence-corrected chi connectivity index (χ3v) is 2.45. The van der Waals surface area contributed by atoms with Gasteiger partial charge in [0, 0.05) is 6.04 Å². The molecule has 1 atom stereocenters. The van der Waals surface area contributed by atoms with Gasteiger partial charge in [0.1, 0.15) is 0 Å². The van der Waals surface area contributed by atoms with Crippen molar-refractivity contribution in [3.05, 3.63) is 0 Å². The Bertz CT molecular complexity index is 181. The Hall–Kier alpha value is -0.570. The zero-order chi connectivity index (χ0) is 12.4. The highest BCUT2D eigenvalue weighted by atomic mass is 16.5. The average Bonchev–Trinajstić information content (AvgIpc) is 2.21. The lowest BCUT2D eigenvalue weighted by Crippen LogP contribution is -2.31. The number of carbonyl (C=O) groups excluding carboxylic acids is 1. The predicted octanol–water partition coefficient (Wildman–Crippen LogP) is 2.89. The zero-order valence-corrected chi connectivity index (χ0v) is 11.2. The number of unbranched alkanes of at least 4 members (excludes halogenated alkanes) is 3. The predicted molar refractivity (Wildman–Crippen MR) is 67.5 cm³/mol. The van der Waals surface area contributed by atoms with Crippen LogP contribution in [0.3, 0.4) is 0 Å². The molecule has 0 aromatic rings. The number of carbonyl (C=O) groups is 1. The summed E-state index contributed by atoms with van der Waals surface area (Å²) in [7, 11) is 0. The van der Waals surface area contributed by atoms with E-state index in [1.807, 2.05) is 20.8 Å². The summed E-state index contributed by atoms with van der Waals surface area (Å²) in [6.45, 7) is 8.51. The summed E-state index contributed by atoms with van der Waals surface area (Å²) in [6.07, 6.45) is 5.94. The first kappa shape index (κ1) is 15.4. The first-order valence-corrected chi connectivity index (χ1v) is 6.49. The fraction of sp³-hybridized carbons (Fsp3) is 0.923. The molecule has 96 valence electrons. The third-order valence-electron chi connectivity index (χ3n) is 2.45. The van der Waals surface area contributed by atoms with Gasteiger partial charge in [-0.15, -0.1) is 0 Å². The topological polar surface area (TPSA) is 38.3 Å². The molecule has 1 N–H and O–H groups in total. The maximum absolute atomic E-state index is 11.4. The third kappa shape index (κ3) is 9.97. The summed E-state index contributed by atoms with van der Waals surface area (Å²) >= 11 is 0. The standard InChI is InChI=1S/C13H27NO2/c1-5-6-7-8-9-12(4)16-13(15)10-14-11(2)3/h11-12,14H,5-10H2,1-4H3. The van der Waals surface area contributed by atoms with Crippen LogP contribution < -0.4 is 5.32 Å². The molecule has 0 amide bonds. The molecule has 0 aromatic carbocycles. The van der Waals surface area contributed by atoms with Gasteiger partial charge in [-0.2, -0.15) is 0 Å². The van der Waals surface area contributed by atoms with E-state index in [1.165, 1.54) is 19.3 Å². The van der Waals surface area contributed by atoms with Crippen LogP contribution in [-0.4, -0.2) is 24.7 Å². The molecule has 16 heavy (non-hydrogen) atoms. The molecule has 3 heteroatoms. The van der Waals surface area contributed by atoms with E-state index in [9.17, 15) is 4.79 Å². The quantitative estimate of drug-likeness (QED) is 0.488. The van der Waals surface area contributed by atoms with Gasteiger partial charge in [-0.3, -0.25) is 4.79 Å². The molecule has 0 saturated heterocycles. The molecule has 0 spiro atoms. The number of nitrogens with one attached hydrogen (secondary N) is 1. The van der Waals surface area contributed by atoms with Gasteiger partial charge in [0.2, 0.25) is 0 Å². The fourth-order valence-corrected chi connectivity index (χ4v) is 1.47. The van der Waals surface area contributed by atoms with E-state index < -0.39 is 0 Å². The van der Waals surface area contributed by atoms with E-state index in [4.69, 9.17) is 4.74 Å². The number of hydrogen-bond donors (Lipinski definition) is 1. The highest BCUT2D eigenvalue weighted by molar-refractivity contribution is 5.71. The van der Waals surface area contributed by atoms with Crippen molar-refractivity contribution in [2.75, 3.05) is 6.54 Å². The van der Waals surface area contributed by atoms with E-state index in [2.05, 4.69) is 12.2 Å². The second-order valence-corrected chi connectivity index (χ2v) is 4.69. The lowest BCUT2D eigenvalue weighted by atomic mass is 10.1. The Kier molecular flexibility index (Phi) is 9.30. The number of ether oxygens (including phenoxy) is 1. The molecule has 0 aliphatic carbocycles. The molecule has 0 fully saturated rings. The molecule has 3 nitrogen and oxygen atoms in total. The number of esters is 1. The van der Waals surface area contributed by atoms with Crippen LogP contribution in [0, 0.1) is 0 Å². The minimum Gasteiger partial charge on any atom is -0.462 e. The van der Waals surface area contributed by atoms with Crippen molar-refractivity contribution in [1.82, 2.24) is 5.32 Å². The molecular formula is C13H27NO2. The minimum absolute atomic E-state index is 0.0540. The van der Waals surface area contributed by atoms with Crippen LogP contribution >= 0.6 is 0 Å². The highest BCUT2D eigenvalue weighted by Crippen LogP contribution is 2.07. The smallest absolute Gasteiger partial charge is 0.320 e. The number of hydrogen-bond acceptors (Lipinski definition) is 3. The second kappa shape index (κ2) is 9.64. The summed E-state index contributed by atoms with van der Waals surface area (Å²) in [5, 5.41) is 3.05. The average molecular weight is 229 g/mol. The van der Waals surface area contributed by atoms with Gasteiger partial charge in [0.15, 0.2) is 0 Å². The van der Waals surface area contributed by atoms with Gasteiger partial charge >= 0.3 is 5.97 Å². The Morgan fingerprint density at radius 3 is 2.44 bits per heavy atom. The van der Waals surface area contributed by atoms with Crippen LogP contribution in [0.5, 0.6) is 0 Å². The van der Waals surface area contributed by atoms with Crippen molar-refractivity contribution in [3.63, 3.8) is 0 Å². The van der Waals surface area contributed by atoms with Crippen LogP contribution in [-0.2, 0) is 9.53 Å². The van der Waals surface area contributed by atoms with E-state index >= 15 is 0 Å². The largest absolute Gasteiger partial charge is 0.462 e. The molecule has 0 aromatic heterocycles. The van der Waals surface area contributed by atoms with Crippen molar-refractivity contribution in [2.24, 2.45) is 0 Å². The lowest BCUT2D eigenvalue weighted by molar-refractivity contribution is -0.147. The maximum atomic E-state index is 11.4. The van der Waals surface area contributed by atoms with E-state index in [0.717, 1.165) is 12.8 Å². The molecule has 0 aliphatic rings. The molecule has 0 radical (unpaired) electrons. The molecular weight excluding hydrogens is 202 g/mol. The normalized spacial score (nSPS) is 12.8. The Morgan fingerprint density at radius 2 is 1.88 bits per heavy atom. The van der Waals surface area contributed by atoms with E-state index in [-0.39, 0.29) is 12.1 Å². The summed E-state index contributed by atoms with van der Waals surface area (Å²) < 4.78 is 5.28. The lowest BCUT2D eigenvalue weighted by Gasteiger charge is -2.14. The van der Waals surface area contributed by atoms with Crippen LogP contribution in [0.4, 0.5) is 0 Å².